The van der Waals surface area contributed by atoms with Crippen LogP contribution in [0.5, 0.6) is 0 Å². The zero-order chi connectivity index (χ0) is 19.5. The van der Waals surface area contributed by atoms with Gasteiger partial charge in [0.15, 0.2) is 0 Å². The first-order chi connectivity index (χ1) is 13.5. The molecule has 7 nitrogen and oxygen atoms in total. The lowest BCUT2D eigenvalue weighted by Crippen LogP contribution is -2.32. The van der Waals surface area contributed by atoms with Crippen LogP contribution in [0.25, 0.3) is 11.0 Å². The highest BCUT2D eigenvalue weighted by atomic mass is 32.2. The molecule has 2 atom stereocenters. The third-order valence-corrected chi connectivity index (χ3v) is 7.86. The van der Waals surface area contributed by atoms with Crippen molar-refractivity contribution < 1.29 is 22.4 Å². The van der Waals surface area contributed by atoms with Crippen molar-refractivity contribution in [3.05, 3.63) is 41.7 Å². The van der Waals surface area contributed by atoms with Crippen LogP contribution in [0.2, 0.25) is 0 Å². The van der Waals surface area contributed by atoms with E-state index in [1.54, 1.807) is 37.6 Å². The Morgan fingerprint density at radius 2 is 2.21 bits per heavy atom. The van der Waals surface area contributed by atoms with E-state index in [-0.39, 0.29) is 17.4 Å². The molecule has 1 aromatic carbocycles. The molecule has 0 radical (unpaired) electrons. The second-order valence-electron chi connectivity index (χ2n) is 7.65. The zero-order valence-corrected chi connectivity index (χ0v) is 16.2. The number of hydrogen-bond acceptors (Lipinski definition) is 6. The summed E-state index contributed by atoms with van der Waals surface area (Å²) in [5.74, 6) is 0.120. The molecule has 0 N–H and O–H groups in total. The number of aldehydes is 1. The second kappa shape index (κ2) is 6.10. The van der Waals surface area contributed by atoms with E-state index in [0.717, 1.165) is 28.5 Å². The van der Waals surface area contributed by atoms with E-state index in [2.05, 4.69) is 4.99 Å². The molecule has 1 aliphatic carbocycles. The Hall–Kier alpha value is -2.29. The second-order valence-corrected chi connectivity index (χ2v) is 9.59. The maximum Gasteiger partial charge on any atom is 0.243 e. The molecule has 2 aromatic rings. The first-order valence-corrected chi connectivity index (χ1v) is 10.6. The fraction of sp³-hybridized carbons (Fsp3) is 0.400. The van der Waals surface area contributed by atoms with Gasteiger partial charge in [-0.3, -0.25) is 4.99 Å². The maximum atomic E-state index is 13.2. The number of nitrogens with zero attached hydrogens (tertiary/aromatic N) is 2. The average molecular weight is 400 g/mol. The summed E-state index contributed by atoms with van der Waals surface area (Å²) in [5.41, 5.74) is 2.72. The fourth-order valence-corrected chi connectivity index (χ4v) is 5.85. The lowest BCUT2D eigenvalue weighted by Gasteiger charge is -2.19. The van der Waals surface area contributed by atoms with E-state index < -0.39 is 15.4 Å². The molecule has 146 valence electrons. The third kappa shape index (κ3) is 2.45. The van der Waals surface area contributed by atoms with Crippen LogP contribution in [0.15, 0.2) is 56.0 Å². The van der Waals surface area contributed by atoms with Crippen LogP contribution in [0.3, 0.4) is 0 Å². The highest BCUT2D eigenvalue weighted by molar-refractivity contribution is 7.89. The first kappa shape index (κ1) is 17.8. The van der Waals surface area contributed by atoms with Gasteiger partial charge in [0.2, 0.25) is 10.0 Å². The topological polar surface area (TPSA) is 89.2 Å². The predicted molar refractivity (Wildman–Crippen MR) is 103 cm³/mol. The maximum absolute atomic E-state index is 13.2. The summed E-state index contributed by atoms with van der Waals surface area (Å²) in [6, 6.07) is 6.63. The van der Waals surface area contributed by atoms with Crippen LogP contribution in [-0.2, 0) is 19.6 Å². The Kier molecular flexibility index (Phi) is 3.88. The normalized spacial score (nSPS) is 27.3. The molecule has 1 saturated carbocycles. The van der Waals surface area contributed by atoms with Crippen LogP contribution in [0.4, 0.5) is 0 Å². The van der Waals surface area contributed by atoms with Crippen molar-refractivity contribution in [3.63, 3.8) is 0 Å². The molecule has 3 aliphatic rings. The number of aliphatic imine (C=N–C) groups is 1. The van der Waals surface area contributed by atoms with Gasteiger partial charge >= 0.3 is 0 Å². The highest BCUT2D eigenvalue weighted by Gasteiger charge is 2.60. The Morgan fingerprint density at radius 3 is 3.00 bits per heavy atom. The summed E-state index contributed by atoms with van der Waals surface area (Å²) in [6.45, 7) is 1.55. The summed E-state index contributed by atoms with van der Waals surface area (Å²) >= 11 is 0. The van der Waals surface area contributed by atoms with Gasteiger partial charge in [-0.2, -0.15) is 4.31 Å². The molecule has 1 fully saturated rings. The standard InChI is InChI=1S/C20H20N2O5S/c1-26-11-15-7-20(15,12-23)19-17-10-22(9-14(17)8-21-19)28(24,25)16-2-3-18-13(6-16)4-5-27-18/h2-6,12,15H,7-11H2,1H3. The van der Waals surface area contributed by atoms with Crippen molar-refractivity contribution in [1.82, 2.24) is 4.31 Å². The number of fused-ring (bicyclic) bond motifs is 1. The van der Waals surface area contributed by atoms with Crippen LogP contribution >= 0.6 is 0 Å². The fourth-order valence-electron chi connectivity index (χ4n) is 4.41. The van der Waals surface area contributed by atoms with Gasteiger partial charge in [-0.05, 0) is 41.8 Å². The predicted octanol–water partition coefficient (Wildman–Crippen LogP) is 2.04. The summed E-state index contributed by atoms with van der Waals surface area (Å²) in [7, 11) is -2.03. The first-order valence-electron chi connectivity index (χ1n) is 9.18. The minimum atomic E-state index is -3.65. The molecular weight excluding hydrogens is 380 g/mol. The third-order valence-electron chi connectivity index (χ3n) is 6.08. The Morgan fingerprint density at radius 1 is 1.36 bits per heavy atom. The molecule has 0 bridgehead atoms. The molecule has 0 saturated heterocycles. The molecule has 28 heavy (non-hydrogen) atoms. The Labute approximate surface area is 162 Å². The van der Waals surface area contributed by atoms with E-state index in [1.165, 1.54) is 4.31 Å². The molecule has 0 spiro atoms. The van der Waals surface area contributed by atoms with E-state index in [0.29, 0.717) is 31.7 Å². The summed E-state index contributed by atoms with van der Waals surface area (Å²) < 4.78 is 38.3. The molecule has 1 aromatic heterocycles. The van der Waals surface area contributed by atoms with Crippen LogP contribution in [-0.4, -0.2) is 58.1 Å². The Balaban J connectivity index is 1.41. The Bertz CT molecular complexity index is 1150. The van der Waals surface area contributed by atoms with Gasteiger partial charge in [0.25, 0.3) is 0 Å². The number of rotatable bonds is 6. The van der Waals surface area contributed by atoms with Crippen LogP contribution in [0, 0.1) is 11.3 Å². The number of carbonyl (C=O) groups excluding carboxylic acids is 1. The van der Waals surface area contributed by atoms with Crippen molar-refractivity contribution in [1.29, 1.82) is 0 Å². The highest BCUT2D eigenvalue weighted by Crippen LogP contribution is 2.55. The number of furan rings is 1. The van der Waals surface area contributed by atoms with E-state index in [9.17, 15) is 13.2 Å². The molecule has 2 unspecified atom stereocenters. The van der Waals surface area contributed by atoms with Crippen molar-refractivity contribution in [3.8, 4) is 0 Å². The number of methoxy groups -OCH3 is 1. The molecule has 0 amide bonds. The number of carbonyl (C=O) groups is 1. The summed E-state index contributed by atoms with van der Waals surface area (Å²) in [6.07, 6.45) is 3.22. The van der Waals surface area contributed by atoms with E-state index in [4.69, 9.17) is 9.15 Å². The quantitative estimate of drug-likeness (QED) is 0.693. The van der Waals surface area contributed by atoms with Crippen LogP contribution < -0.4 is 0 Å². The SMILES string of the molecule is COCC1CC1(C=O)C1=NCC2=C1CN(S(=O)(=O)c1ccc3occc3c1)C2. The van der Waals surface area contributed by atoms with Gasteiger partial charge in [-0.25, -0.2) is 8.42 Å². The minimum Gasteiger partial charge on any atom is -0.464 e. The molecule has 5 rings (SSSR count). The number of hydrogen-bond donors (Lipinski definition) is 0. The molecule has 8 heteroatoms. The summed E-state index contributed by atoms with van der Waals surface area (Å²) in [5, 5.41) is 0.753. The van der Waals surface area contributed by atoms with E-state index in [1.807, 2.05) is 0 Å². The van der Waals surface area contributed by atoms with Gasteiger partial charge in [-0.15, -0.1) is 0 Å². The lowest BCUT2D eigenvalue weighted by atomic mass is 9.92. The molecule has 3 heterocycles. The van der Waals surface area contributed by atoms with Gasteiger partial charge in [0, 0.05) is 31.5 Å². The summed E-state index contributed by atoms with van der Waals surface area (Å²) in [4.78, 5) is 16.7. The van der Waals surface area contributed by atoms with Gasteiger partial charge < -0.3 is 13.9 Å². The van der Waals surface area contributed by atoms with Gasteiger partial charge in [0.1, 0.15) is 11.9 Å². The van der Waals surface area contributed by atoms with Crippen molar-refractivity contribution in [2.75, 3.05) is 33.4 Å². The number of ether oxygens (including phenoxy) is 1. The molecular formula is C20H20N2O5S. The molecule has 2 aliphatic heterocycles. The monoisotopic (exact) mass is 400 g/mol. The largest absolute Gasteiger partial charge is 0.464 e. The van der Waals surface area contributed by atoms with Gasteiger partial charge in [-0.1, -0.05) is 0 Å². The van der Waals surface area contributed by atoms with Crippen molar-refractivity contribution in [2.45, 2.75) is 11.3 Å². The van der Waals surface area contributed by atoms with E-state index >= 15 is 0 Å². The average Bonchev–Trinajstić information content (AvgIpc) is 3.08. The van der Waals surface area contributed by atoms with Gasteiger partial charge in [0.05, 0.1) is 35.4 Å². The van der Waals surface area contributed by atoms with Crippen LogP contribution in [0.1, 0.15) is 6.42 Å². The number of sulfonamides is 1. The van der Waals surface area contributed by atoms with Crippen molar-refractivity contribution >= 4 is 33.0 Å². The minimum absolute atomic E-state index is 0.120. The zero-order valence-electron chi connectivity index (χ0n) is 15.4. The lowest BCUT2D eigenvalue weighted by molar-refractivity contribution is -0.110. The smallest absolute Gasteiger partial charge is 0.243 e. The number of benzene rings is 1. The van der Waals surface area contributed by atoms with Crippen molar-refractivity contribution in [2.24, 2.45) is 16.3 Å².